The van der Waals surface area contributed by atoms with E-state index in [-0.39, 0.29) is 0 Å². The van der Waals surface area contributed by atoms with Crippen LogP contribution in [0.5, 0.6) is 0 Å². The highest BCUT2D eigenvalue weighted by molar-refractivity contribution is 5.36. The quantitative estimate of drug-likeness (QED) is 0.878. The molecule has 1 aliphatic carbocycles. The first-order chi connectivity index (χ1) is 9.34. The van der Waals surface area contributed by atoms with Crippen molar-refractivity contribution in [3.63, 3.8) is 0 Å². The van der Waals surface area contributed by atoms with E-state index in [9.17, 15) is 0 Å². The van der Waals surface area contributed by atoms with Crippen LogP contribution in [0.25, 0.3) is 0 Å². The van der Waals surface area contributed by atoms with Crippen molar-refractivity contribution >= 4 is 5.82 Å². The van der Waals surface area contributed by atoms with Gasteiger partial charge in [-0.25, -0.2) is 0 Å². The lowest BCUT2D eigenvalue weighted by atomic mass is 9.75. The van der Waals surface area contributed by atoms with Crippen LogP contribution < -0.4 is 5.73 Å². The average molecular weight is 255 g/mol. The molecule has 3 rings (SSSR count). The second-order valence-corrected chi connectivity index (χ2v) is 5.53. The van der Waals surface area contributed by atoms with Gasteiger partial charge in [0, 0.05) is 17.7 Å². The Hall–Kier alpha value is -1.77. The lowest BCUT2D eigenvalue weighted by Gasteiger charge is -2.30. The maximum atomic E-state index is 5.78. The molecule has 0 spiro atoms. The molecule has 0 radical (unpaired) electrons. The fraction of sp³-hybridized carbons (Fsp3) is 0.438. The average Bonchev–Trinajstić information content (AvgIpc) is 2.88. The molecule has 1 saturated carbocycles. The molecule has 2 aromatic rings. The number of nitrogens with one attached hydrogen (secondary N) is 1. The van der Waals surface area contributed by atoms with Crippen molar-refractivity contribution in [2.45, 2.75) is 38.0 Å². The smallest absolute Gasteiger partial charge is 0.145 e. The lowest BCUT2D eigenvalue weighted by Crippen LogP contribution is -2.18. The van der Waals surface area contributed by atoms with Crippen molar-refractivity contribution in [2.75, 3.05) is 5.73 Å². The number of nitrogen functional groups attached to an aromatic ring is 1. The van der Waals surface area contributed by atoms with Crippen LogP contribution in [0.15, 0.2) is 36.4 Å². The molecule has 1 heterocycles. The summed E-state index contributed by atoms with van der Waals surface area (Å²) in [6, 6.07) is 12.7. The maximum Gasteiger partial charge on any atom is 0.145 e. The Balaban J connectivity index is 1.95. The van der Waals surface area contributed by atoms with Crippen LogP contribution in [0, 0.1) is 5.92 Å². The number of anilines is 1. The maximum absolute atomic E-state index is 5.78. The van der Waals surface area contributed by atoms with Gasteiger partial charge >= 0.3 is 0 Å². The first-order valence-corrected chi connectivity index (χ1v) is 7.20. The monoisotopic (exact) mass is 255 g/mol. The molecular formula is C16H21N3. The van der Waals surface area contributed by atoms with Crippen LogP contribution in [-0.4, -0.2) is 10.2 Å². The lowest BCUT2D eigenvalue weighted by molar-refractivity contribution is 0.324. The SMILES string of the molecule is Nc1cc(C(c2ccccc2)C2CCCCC2)[nH]n1. The molecule has 3 nitrogen and oxygen atoms in total. The van der Waals surface area contributed by atoms with E-state index in [1.165, 1.54) is 37.7 Å². The minimum Gasteiger partial charge on any atom is -0.382 e. The van der Waals surface area contributed by atoms with Crippen molar-refractivity contribution in [2.24, 2.45) is 5.92 Å². The van der Waals surface area contributed by atoms with Gasteiger partial charge in [-0.1, -0.05) is 49.6 Å². The molecule has 0 bridgehead atoms. The highest BCUT2D eigenvalue weighted by Crippen LogP contribution is 2.39. The first-order valence-electron chi connectivity index (χ1n) is 7.20. The largest absolute Gasteiger partial charge is 0.382 e. The van der Waals surface area contributed by atoms with Gasteiger partial charge in [-0.3, -0.25) is 5.10 Å². The van der Waals surface area contributed by atoms with E-state index in [2.05, 4.69) is 40.5 Å². The molecule has 0 saturated heterocycles. The van der Waals surface area contributed by atoms with Crippen LogP contribution in [0.3, 0.4) is 0 Å². The Morgan fingerprint density at radius 1 is 1.11 bits per heavy atom. The van der Waals surface area contributed by atoms with Crippen LogP contribution >= 0.6 is 0 Å². The van der Waals surface area contributed by atoms with E-state index in [1.54, 1.807) is 0 Å². The molecule has 0 aliphatic heterocycles. The summed E-state index contributed by atoms with van der Waals surface area (Å²) >= 11 is 0. The molecule has 3 heteroatoms. The summed E-state index contributed by atoms with van der Waals surface area (Å²) in [6.07, 6.45) is 6.68. The van der Waals surface area contributed by atoms with Crippen molar-refractivity contribution in [1.82, 2.24) is 10.2 Å². The number of rotatable bonds is 3. The van der Waals surface area contributed by atoms with Crippen LogP contribution in [0.1, 0.15) is 49.3 Å². The summed E-state index contributed by atoms with van der Waals surface area (Å²) in [6.45, 7) is 0. The van der Waals surface area contributed by atoms with Crippen molar-refractivity contribution in [3.05, 3.63) is 47.7 Å². The van der Waals surface area contributed by atoms with Crippen molar-refractivity contribution in [3.8, 4) is 0 Å². The summed E-state index contributed by atoms with van der Waals surface area (Å²) < 4.78 is 0. The number of H-pyrrole nitrogens is 1. The zero-order valence-electron chi connectivity index (χ0n) is 11.2. The zero-order chi connectivity index (χ0) is 13.1. The molecule has 0 amide bonds. The number of hydrogen-bond donors (Lipinski definition) is 2. The third-order valence-corrected chi connectivity index (χ3v) is 4.23. The number of hydrogen-bond acceptors (Lipinski definition) is 2. The number of aromatic amines is 1. The number of nitrogens with two attached hydrogens (primary N) is 1. The molecule has 3 N–H and O–H groups in total. The predicted octanol–water partition coefficient (Wildman–Crippen LogP) is 3.70. The number of aromatic nitrogens is 2. The third-order valence-electron chi connectivity index (χ3n) is 4.23. The van der Waals surface area contributed by atoms with E-state index < -0.39 is 0 Å². The predicted molar refractivity (Wildman–Crippen MR) is 77.9 cm³/mol. The highest BCUT2D eigenvalue weighted by Gasteiger charge is 2.27. The molecule has 100 valence electrons. The van der Waals surface area contributed by atoms with Crippen LogP contribution in [0.2, 0.25) is 0 Å². The Morgan fingerprint density at radius 3 is 2.47 bits per heavy atom. The van der Waals surface area contributed by atoms with Crippen molar-refractivity contribution < 1.29 is 0 Å². The second-order valence-electron chi connectivity index (χ2n) is 5.53. The molecular weight excluding hydrogens is 234 g/mol. The molecule has 1 atom stereocenters. The standard InChI is InChI=1S/C16H21N3/c17-15-11-14(18-19-15)16(12-7-3-1-4-8-12)13-9-5-2-6-10-13/h1,3-4,7-8,11,13,16H,2,5-6,9-10H2,(H3,17,18,19). The van der Waals surface area contributed by atoms with E-state index in [0.717, 1.165) is 5.69 Å². The first kappa shape index (κ1) is 12.3. The van der Waals surface area contributed by atoms with E-state index in [1.807, 2.05) is 6.07 Å². The van der Waals surface area contributed by atoms with Gasteiger partial charge in [-0.05, 0) is 24.3 Å². The van der Waals surface area contributed by atoms with Gasteiger partial charge in [-0.15, -0.1) is 0 Å². The Bertz CT molecular complexity index is 512. The van der Waals surface area contributed by atoms with E-state index in [0.29, 0.717) is 17.7 Å². The Labute approximate surface area is 114 Å². The highest BCUT2D eigenvalue weighted by atomic mass is 15.2. The van der Waals surface area contributed by atoms with Gasteiger partial charge in [0.2, 0.25) is 0 Å². The fourth-order valence-corrected chi connectivity index (χ4v) is 3.35. The van der Waals surface area contributed by atoms with Crippen LogP contribution in [0.4, 0.5) is 5.82 Å². The third kappa shape index (κ3) is 2.65. The molecule has 1 aromatic carbocycles. The summed E-state index contributed by atoms with van der Waals surface area (Å²) in [5.74, 6) is 1.70. The summed E-state index contributed by atoms with van der Waals surface area (Å²) in [5, 5.41) is 7.24. The normalized spacial score (nSPS) is 18.3. The Morgan fingerprint density at radius 2 is 1.84 bits per heavy atom. The van der Waals surface area contributed by atoms with Gasteiger partial charge in [0.1, 0.15) is 5.82 Å². The molecule has 1 aliphatic rings. The zero-order valence-corrected chi connectivity index (χ0v) is 11.2. The van der Waals surface area contributed by atoms with Gasteiger partial charge in [-0.2, -0.15) is 5.10 Å². The summed E-state index contributed by atoms with van der Waals surface area (Å²) in [5.41, 5.74) is 8.32. The van der Waals surface area contributed by atoms with Crippen LogP contribution in [-0.2, 0) is 0 Å². The molecule has 1 aromatic heterocycles. The molecule has 1 unspecified atom stereocenters. The van der Waals surface area contributed by atoms with E-state index >= 15 is 0 Å². The van der Waals surface area contributed by atoms with Gasteiger partial charge in [0.25, 0.3) is 0 Å². The van der Waals surface area contributed by atoms with E-state index in [4.69, 9.17) is 5.73 Å². The molecule has 1 fully saturated rings. The minimum absolute atomic E-state index is 0.409. The van der Waals surface area contributed by atoms with Crippen molar-refractivity contribution in [1.29, 1.82) is 0 Å². The second kappa shape index (κ2) is 5.47. The number of benzene rings is 1. The summed E-state index contributed by atoms with van der Waals surface area (Å²) in [7, 11) is 0. The molecule has 19 heavy (non-hydrogen) atoms. The number of nitrogens with zero attached hydrogens (tertiary/aromatic N) is 1. The Kier molecular flexibility index (Phi) is 3.53. The fourth-order valence-electron chi connectivity index (χ4n) is 3.35. The van der Waals surface area contributed by atoms with Gasteiger partial charge < -0.3 is 5.73 Å². The summed E-state index contributed by atoms with van der Waals surface area (Å²) in [4.78, 5) is 0. The minimum atomic E-state index is 0.409. The van der Waals surface area contributed by atoms with Gasteiger partial charge in [0.05, 0.1) is 0 Å². The topological polar surface area (TPSA) is 54.7 Å². The van der Waals surface area contributed by atoms with Gasteiger partial charge in [0.15, 0.2) is 0 Å².